The molecular formula is C27H28N8O3S. The van der Waals surface area contributed by atoms with Crippen molar-refractivity contribution in [2.24, 2.45) is 0 Å². The van der Waals surface area contributed by atoms with Gasteiger partial charge in [-0.1, -0.05) is 4.49 Å². The second-order valence-electron chi connectivity index (χ2n) is 9.38. The predicted molar refractivity (Wildman–Crippen MR) is 147 cm³/mol. The van der Waals surface area contributed by atoms with Crippen LogP contribution in [0.25, 0.3) is 0 Å². The van der Waals surface area contributed by atoms with Crippen molar-refractivity contribution in [2.75, 3.05) is 62.6 Å². The maximum absolute atomic E-state index is 13.2. The SMILES string of the molecule is Cc1nnsc1C(=O)N1CCN(c2ccc(C(=O)N3CCNCC3)cc2NC(=O)c2ccc(C#N)cc2)CC1. The number of carbonyl (C=O) groups excluding carboxylic acids is 3. The van der Waals surface area contributed by atoms with E-state index in [9.17, 15) is 14.4 Å². The highest BCUT2D eigenvalue weighted by molar-refractivity contribution is 7.07. The number of carbonyl (C=O) groups is 3. The monoisotopic (exact) mass is 544 g/mol. The molecule has 0 saturated carbocycles. The van der Waals surface area contributed by atoms with Crippen LogP contribution in [0.4, 0.5) is 11.4 Å². The molecule has 3 heterocycles. The molecule has 2 fully saturated rings. The first-order chi connectivity index (χ1) is 18.9. The molecule has 0 radical (unpaired) electrons. The lowest BCUT2D eigenvalue weighted by Gasteiger charge is -2.37. The van der Waals surface area contributed by atoms with Crippen molar-refractivity contribution >= 4 is 40.6 Å². The number of aromatic nitrogens is 2. The molecule has 0 bridgehead atoms. The molecule has 2 aliphatic heterocycles. The third-order valence-electron chi connectivity index (χ3n) is 6.93. The molecule has 0 unspecified atom stereocenters. The van der Waals surface area contributed by atoms with Crippen LogP contribution in [0.1, 0.15) is 41.6 Å². The van der Waals surface area contributed by atoms with Gasteiger partial charge in [-0.05, 0) is 60.9 Å². The minimum atomic E-state index is -0.338. The van der Waals surface area contributed by atoms with E-state index in [1.165, 1.54) is 0 Å². The Morgan fingerprint density at radius 3 is 2.23 bits per heavy atom. The molecule has 2 saturated heterocycles. The average Bonchev–Trinajstić information content (AvgIpc) is 3.42. The van der Waals surface area contributed by atoms with Crippen LogP contribution in [-0.2, 0) is 0 Å². The van der Waals surface area contributed by atoms with Gasteiger partial charge in [-0.3, -0.25) is 14.4 Å². The van der Waals surface area contributed by atoms with Gasteiger partial charge in [0.25, 0.3) is 17.7 Å². The minimum absolute atomic E-state index is 0.0755. The Balaban J connectivity index is 1.37. The highest BCUT2D eigenvalue weighted by Gasteiger charge is 2.27. The largest absolute Gasteiger partial charge is 0.366 e. The number of nitrogens with zero attached hydrogens (tertiary/aromatic N) is 6. The first-order valence-electron chi connectivity index (χ1n) is 12.7. The average molecular weight is 545 g/mol. The Labute approximate surface area is 230 Å². The van der Waals surface area contributed by atoms with Gasteiger partial charge in [0.05, 0.1) is 28.7 Å². The van der Waals surface area contributed by atoms with E-state index in [1.54, 1.807) is 53.1 Å². The molecule has 0 atom stereocenters. The van der Waals surface area contributed by atoms with Crippen molar-refractivity contribution in [1.29, 1.82) is 5.26 Å². The van der Waals surface area contributed by atoms with Crippen LogP contribution < -0.4 is 15.5 Å². The van der Waals surface area contributed by atoms with Gasteiger partial charge in [0.2, 0.25) is 0 Å². The number of anilines is 2. The molecule has 2 N–H and O–H groups in total. The Hall–Kier alpha value is -4.34. The minimum Gasteiger partial charge on any atom is -0.366 e. The Bertz CT molecular complexity index is 1420. The van der Waals surface area contributed by atoms with Gasteiger partial charge in [0, 0.05) is 63.5 Å². The number of rotatable bonds is 5. The van der Waals surface area contributed by atoms with Gasteiger partial charge < -0.3 is 25.3 Å². The fourth-order valence-electron chi connectivity index (χ4n) is 4.71. The second-order valence-corrected chi connectivity index (χ2v) is 10.1. The summed E-state index contributed by atoms with van der Waals surface area (Å²) in [5, 5.41) is 19.2. The maximum atomic E-state index is 13.2. The number of hydrogen-bond acceptors (Lipinski definition) is 9. The number of hydrogen-bond donors (Lipinski definition) is 2. The fraction of sp³-hybridized carbons (Fsp3) is 0.333. The number of nitriles is 1. The summed E-state index contributed by atoms with van der Waals surface area (Å²) in [6, 6.07) is 13.8. The molecule has 1 aromatic heterocycles. The highest BCUT2D eigenvalue weighted by Crippen LogP contribution is 2.30. The predicted octanol–water partition coefficient (Wildman–Crippen LogP) is 1.98. The fourth-order valence-corrected chi connectivity index (χ4v) is 5.33. The Morgan fingerprint density at radius 1 is 0.923 bits per heavy atom. The second kappa shape index (κ2) is 11.6. The molecule has 5 rings (SSSR count). The number of amides is 3. The smallest absolute Gasteiger partial charge is 0.267 e. The Kier molecular flexibility index (Phi) is 7.81. The summed E-state index contributed by atoms with van der Waals surface area (Å²) in [7, 11) is 0. The lowest BCUT2D eigenvalue weighted by molar-refractivity contribution is 0.0732. The van der Waals surface area contributed by atoms with Crippen molar-refractivity contribution in [2.45, 2.75) is 6.92 Å². The first kappa shape index (κ1) is 26.3. The van der Waals surface area contributed by atoms with Crippen molar-refractivity contribution in [3.63, 3.8) is 0 Å². The van der Waals surface area contributed by atoms with Gasteiger partial charge in [-0.25, -0.2) is 0 Å². The summed E-state index contributed by atoms with van der Waals surface area (Å²) in [6.45, 7) is 6.62. The maximum Gasteiger partial charge on any atom is 0.267 e. The van der Waals surface area contributed by atoms with Crippen LogP contribution in [0.2, 0.25) is 0 Å². The van der Waals surface area contributed by atoms with Gasteiger partial charge in [0.15, 0.2) is 0 Å². The van der Waals surface area contributed by atoms with Gasteiger partial charge in [0.1, 0.15) is 4.88 Å². The van der Waals surface area contributed by atoms with Gasteiger partial charge in [-0.2, -0.15) is 5.26 Å². The molecule has 0 spiro atoms. The number of piperazine rings is 2. The van der Waals surface area contributed by atoms with Gasteiger partial charge >= 0.3 is 0 Å². The molecule has 3 aromatic rings. The third kappa shape index (κ3) is 5.74. The molecule has 11 nitrogen and oxygen atoms in total. The zero-order chi connectivity index (χ0) is 27.4. The highest BCUT2D eigenvalue weighted by atomic mass is 32.1. The molecule has 200 valence electrons. The lowest BCUT2D eigenvalue weighted by Crippen LogP contribution is -2.49. The summed E-state index contributed by atoms with van der Waals surface area (Å²) < 4.78 is 3.87. The summed E-state index contributed by atoms with van der Waals surface area (Å²) in [4.78, 5) is 45.5. The normalized spacial score (nSPS) is 15.5. The molecule has 2 aliphatic rings. The van der Waals surface area contributed by atoms with Crippen molar-refractivity contribution in [3.05, 3.63) is 69.7 Å². The summed E-state index contributed by atoms with van der Waals surface area (Å²) >= 11 is 1.10. The Morgan fingerprint density at radius 2 is 1.59 bits per heavy atom. The van der Waals surface area contributed by atoms with Crippen LogP contribution in [-0.4, -0.2) is 89.5 Å². The first-order valence-corrected chi connectivity index (χ1v) is 13.5. The molecule has 3 amide bonds. The molecule has 39 heavy (non-hydrogen) atoms. The van der Waals surface area contributed by atoms with Crippen LogP contribution in [0.15, 0.2) is 42.5 Å². The van der Waals surface area contributed by atoms with Crippen molar-refractivity contribution in [1.82, 2.24) is 24.7 Å². The van der Waals surface area contributed by atoms with Crippen molar-refractivity contribution in [3.8, 4) is 6.07 Å². The zero-order valence-corrected chi connectivity index (χ0v) is 22.3. The van der Waals surface area contributed by atoms with Crippen molar-refractivity contribution < 1.29 is 14.4 Å². The van der Waals surface area contributed by atoms with E-state index in [-0.39, 0.29) is 17.7 Å². The molecular weight excluding hydrogens is 516 g/mol. The molecule has 2 aromatic carbocycles. The molecule has 0 aliphatic carbocycles. The van der Waals surface area contributed by atoms with Crippen LogP contribution in [0.5, 0.6) is 0 Å². The van der Waals surface area contributed by atoms with E-state index in [0.717, 1.165) is 30.3 Å². The van der Waals surface area contributed by atoms with Crippen LogP contribution in [0, 0.1) is 18.3 Å². The lowest BCUT2D eigenvalue weighted by atomic mass is 10.1. The van der Waals surface area contributed by atoms with Crippen LogP contribution >= 0.6 is 11.5 Å². The summed E-state index contributed by atoms with van der Waals surface area (Å²) in [6.07, 6.45) is 0. The van der Waals surface area contributed by atoms with Crippen LogP contribution in [0.3, 0.4) is 0 Å². The summed E-state index contributed by atoms with van der Waals surface area (Å²) in [5.74, 6) is -0.496. The number of benzene rings is 2. The topological polar surface area (TPSA) is 135 Å². The van der Waals surface area contributed by atoms with E-state index >= 15 is 0 Å². The van der Waals surface area contributed by atoms with E-state index in [2.05, 4.69) is 31.2 Å². The zero-order valence-electron chi connectivity index (χ0n) is 21.5. The third-order valence-corrected chi connectivity index (χ3v) is 7.74. The van der Waals surface area contributed by atoms with E-state index in [4.69, 9.17) is 5.26 Å². The summed E-state index contributed by atoms with van der Waals surface area (Å²) in [5.41, 5.74) is 3.29. The quantitative estimate of drug-likeness (QED) is 0.498. The molecule has 12 heteroatoms. The number of aryl methyl sites for hydroxylation is 1. The standard InChI is InChI=1S/C27H28N8O3S/c1-18-24(39-32-31-18)27(38)35-14-12-33(13-15-35)23-7-6-21(26(37)34-10-8-29-9-11-34)16-22(23)30-25(36)20-4-2-19(17-28)3-5-20/h2-7,16,29H,8-15H2,1H3,(H,30,36). The number of nitrogens with one attached hydrogen (secondary N) is 2. The van der Waals surface area contributed by atoms with E-state index in [0.29, 0.717) is 72.2 Å². The van der Waals surface area contributed by atoms with E-state index in [1.807, 2.05) is 6.07 Å². The van der Waals surface area contributed by atoms with Gasteiger partial charge in [-0.15, -0.1) is 5.10 Å². The van der Waals surface area contributed by atoms with E-state index < -0.39 is 0 Å².